The average molecular weight is 322 g/mol. The van der Waals surface area contributed by atoms with Gasteiger partial charge in [0.25, 0.3) is 5.91 Å². The smallest absolute Gasteiger partial charge is 0.254 e. The molecule has 4 nitrogen and oxygen atoms in total. The molecule has 1 spiro atoms. The van der Waals surface area contributed by atoms with Crippen LogP contribution in [0.1, 0.15) is 43.0 Å². The first-order chi connectivity index (χ1) is 10.7. The molecule has 2 aliphatic rings. The summed E-state index contributed by atoms with van der Waals surface area (Å²) in [5.41, 5.74) is 1.13. The van der Waals surface area contributed by atoms with E-state index in [0.717, 1.165) is 44.7 Å². The van der Waals surface area contributed by atoms with Gasteiger partial charge in [0, 0.05) is 36.7 Å². The lowest BCUT2D eigenvalue weighted by molar-refractivity contribution is 0.0211. The Bertz CT molecular complexity index is 495. The van der Waals surface area contributed by atoms with Crippen molar-refractivity contribution in [1.29, 1.82) is 0 Å². The van der Waals surface area contributed by atoms with Gasteiger partial charge in [0.2, 0.25) is 0 Å². The lowest BCUT2D eigenvalue weighted by Crippen LogP contribution is -2.54. The Kier molecular flexibility index (Phi) is 4.85. The zero-order valence-corrected chi connectivity index (χ0v) is 14.4. The van der Waals surface area contributed by atoms with E-state index in [1.807, 2.05) is 21.7 Å². The molecule has 0 unspecified atom stereocenters. The fourth-order valence-corrected chi connectivity index (χ4v) is 4.57. The topological polar surface area (TPSA) is 32.8 Å². The standard InChI is InChI=1S/C17H26N2O2S/c1-3-21-12-15-4-6-17(18(15)2)7-9-19(10-8-17)16(20)14-5-11-22-13-14/h5,11,13,15H,3-4,6-10,12H2,1-2H3/t15-/m0/s1. The fourth-order valence-electron chi connectivity index (χ4n) is 3.94. The van der Waals surface area contributed by atoms with E-state index in [1.54, 1.807) is 11.3 Å². The molecule has 1 aromatic rings. The SMILES string of the molecule is CCOC[C@@H]1CCC2(CCN(C(=O)c3ccsc3)CC2)N1C. The van der Waals surface area contributed by atoms with Crippen molar-refractivity contribution >= 4 is 17.2 Å². The van der Waals surface area contributed by atoms with Crippen molar-refractivity contribution < 1.29 is 9.53 Å². The minimum Gasteiger partial charge on any atom is -0.380 e. The summed E-state index contributed by atoms with van der Waals surface area (Å²) < 4.78 is 5.63. The highest BCUT2D eigenvalue weighted by molar-refractivity contribution is 7.08. The molecule has 0 saturated carbocycles. The molecule has 3 rings (SSSR count). The van der Waals surface area contributed by atoms with Crippen LogP contribution in [0.2, 0.25) is 0 Å². The number of carbonyl (C=O) groups is 1. The van der Waals surface area contributed by atoms with Crippen LogP contribution in [0, 0.1) is 0 Å². The zero-order chi connectivity index (χ0) is 15.6. The second-order valence-corrected chi connectivity index (χ2v) is 7.27. The fraction of sp³-hybridized carbons (Fsp3) is 0.706. The van der Waals surface area contributed by atoms with E-state index in [2.05, 4.69) is 18.9 Å². The number of carbonyl (C=O) groups excluding carboxylic acids is 1. The number of rotatable bonds is 4. The number of ether oxygens (including phenoxy) is 1. The number of amides is 1. The first kappa shape index (κ1) is 16.0. The summed E-state index contributed by atoms with van der Waals surface area (Å²) in [6.45, 7) is 5.44. The van der Waals surface area contributed by atoms with Crippen LogP contribution in [0.4, 0.5) is 0 Å². The summed E-state index contributed by atoms with van der Waals surface area (Å²) in [5.74, 6) is 0.197. The van der Waals surface area contributed by atoms with Gasteiger partial charge in [0.15, 0.2) is 0 Å². The number of likely N-dealkylation sites (tertiary alicyclic amines) is 2. The highest BCUT2D eigenvalue weighted by Crippen LogP contribution is 2.40. The van der Waals surface area contributed by atoms with E-state index < -0.39 is 0 Å². The molecular weight excluding hydrogens is 296 g/mol. The maximum absolute atomic E-state index is 12.5. The minimum absolute atomic E-state index is 0.197. The van der Waals surface area contributed by atoms with Crippen molar-refractivity contribution in [1.82, 2.24) is 9.80 Å². The number of hydrogen-bond donors (Lipinski definition) is 0. The van der Waals surface area contributed by atoms with Gasteiger partial charge in [-0.15, -0.1) is 0 Å². The highest BCUT2D eigenvalue weighted by Gasteiger charge is 2.46. The molecule has 2 fully saturated rings. The summed E-state index contributed by atoms with van der Waals surface area (Å²) in [5, 5.41) is 3.92. The molecule has 0 aromatic carbocycles. The largest absolute Gasteiger partial charge is 0.380 e. The van der Waals surface area contributed by atoms with E-state index in [-0.39, 0.29) is 11.4 Å². The van der Waals surface area contributed by atoms with Gasteiger partial charge in [-0.05, 0) is 51.1 Å². The number of hydrogen-bond acceptors (Lipinski definition) is 4. The van der Waals surface area contributed by atoms with Crippen molar-refractivity contribution in [3.63, 3.8) is 0 Å². The second kappa shape index (κ2) is 6.69. The number of nitrogens with zero attached hydrogens (tertiary/aromatic N) is 2. The molecule has 1 atom stereocenters. The lowest BCUT2D eigenvalue weighted by Gasteiger charge is -2.45. The van der Waals surface area contributed by atoms with E-state index in [0.29, 0.717) is 6.04 Å². The lowest BCUT2D eigenvalue weighted by atomic mass is 9.85. The third-order valence-electron chi connectivity index (χ3n) is 5.50. The quantitative estimate of drug-likeness (QED) is 0.854. The van der Waals surface area contributed by atoms with E-state index in [4.69, 9.17) is 4.74 Å². The molecular formula is C17H26N2O2S. The van der Waals surface area contributed by atoms with Gasteiger partial charge in [0.05, 0.1) is 12.2 Å². The van der Waals surface area contributed by atoms with Crippen molar-refractivity contribution in [2.45, 2.75) is 44.2 Å². The van der Waals surface area contributed by atoms with Crippen LogP contribution in [0.5, 0.6) is 0 Å². The molecule has 3 heterocycles. The Morgan fingerprint density at radius 1 is 1.41 bits per heavy atom. The molecule has 0 aliphatic carbocycles. The Balaban J connectivity index is 1.58. The Hall–Kier alpha value is -0.910. The predicted octanol–water partition coefficient (Wildman–Crippen LogP) is 2.85. The van der Waals surface area contributed by atoms with Gasteiger partial charge in [-0.3, -0.25) is 9.69 Å². The van der Waals surface area contributed by atoms with Gasteiger partial charge >= 0.3 is 0 Å². The molecule has 0 N–H and O–H groups in total. The second-order valence-electron chi connectivity index (χ2n) is 6.49. The van der Waals surface area contributed by atoms with Crippen LogP contribution in [-0.4, -0.2) is 60.6 Å². The van der Waals surface area contributed by atoms with Gasteiger partial charge < -0.3 is 9.64 Å². The molecule has 1 aromatic heterocycles. The molecule has 122 valence electrons. The highest BCUT2D eigenvalue weighted by atomic mass is 32.1. The first-order valence-electron chi connectivity index (χ1n) is 8.28. The van der Waals surface area contributed by atoms with Crippen LogP contribution in [-0.2, 0) is 4.74 Å². The van der Waals surface area contributed by atoms with Crippen molar-refractivity contribution in [2.24, 2.45) is 0 Å². The normalized spacial score (nSPS) is 25.0. The molecule has 1 amide bonds. The summed E-state index contributed by atoms with van der Waals surface area (Å²) in [4.78, 5) is 17.0. The van der Waals surface area contributed by atoms with Crippen LogP contribution >= 0.6 is 11.3 Å². The Labute approximate surface area is 137 Å². The molecule has 2 aliphatic heterocycles. The van der Waals surface area contributed by atoms with Gasteiger partial charge in [-0.1, -0.05) is 0 Å². The minimum atomic E-state index is 0.197. The first-order valence-corrected chi connectivity index (χ1v) is 9.23. The average Bonchev–Trinajstić information content (AvgIpc) is 3.17. The van der Waals surface area contributed by atoms with Crippen molar-refractivity contribution in [2.75, 3.05) is 33.4 Å². The van der Waals surface area contributed by atoms with Crippen LogP contribution in [0.15, 0.2) is 16.8 Å². The van der Waals surface area contributed by atoms with Crippen LogP contribution < -0.4 is 0 Å². The Morgan fingerprint density at radius 3 is 2.82 bits per heavy atom. The molecule has 0 bridgehead atoms. The van der Waals surface area contributed by atoms with Crippen molar-refractivity contribution in [3.8, 4) is 0 Å². The van der Waals surface area contributed by atoms with Gasteiger partial charge in [-0.25, -0.2) is 0 Å². The summed E-state index contributed by atoms with van der Waals surface area (Å²) >= 11 is 1.59. The number of thiophene rings is 1. The maximum atomic E-state index is 12.5. The van der Waals surface area contributed by atoms with E-state index in [9.17, 15) is 4.79 Å². The monoisotopic (exact) mass is 322 g/mol. The van der Waals surface area contributed by atoms with E-state index >= 15 is 0 Å². The molecule has 22 heavy (non-hydrogen) atoms. The molecule has 5 heteroatoms. The summed E-state index contributed by atoms with van der Waals surface area (Å²) in [7, 11) is 2.24. The van der Waals surface area contributed by atoms with Gasteiger partial charge in [0.1, 0.15) is 0 Å². The van der Waals surface area contributed by atoms with Crippen LogP contribution in [0.25, 0.3) is 0 Å². The van der Waals surface area contributed by atoms with Crippen LogP contribution in [0.3, 0.4) is 0 Å². The maximum Gasteiger partial charge on any atom is 0.254 e. The number of piperidine rings is 1. The summed E-state index contributed by atoms with van der Waals surface area (Å²) in [6.07, 6.45) is 4.63. The van der Waals surface area contributed by atoms with Gasteiger partial charge in [-0.2, -0.15) is 11.3 Å². The molecule has 2 saturated heterocycles. The number of likely N-dealkylation sites (N-methyl/N-ethyl adjacent to an activating group) is 1. The zero-order valence-electron chi connectivity index (χ0n) is 13.6. The summed E-state index contributed by atoms with van der Waals surface area (Å²) in [6, 6.07) is 2.47. The predicted molar refractivity (Wildman–Crippen MR) is 89.5 cm³/mol. The third kappa shape index (κ3) is 2.94. The third-order valence-corrected chi connectivity index (χ3v) is 6.19. The Morgan fingerprint density at radius 2 is 2.18 bits per heavy atom. The molecule has 0 radical (unpaired) electrons. The van der Waals surface area contributed by atoms with Crippen molar-refractivity contribution in [3.05, 3.63) is 22.4 Å². The van der Waals surface area contributed by atoms with E-state index in [1.165, 1.54) is 12.8 Å².